The third kappa shape index (κ3) is 6.09. The van der Waals surface area contributed by atoms with E-state index in [-0.39, 0.29) is 17.8 Å². The molecule has 2 heterocycles. The van der Waals surface area contributed by atoms with Crippen LogP contribution in [-0.4, -0.2) is 52.9 Å². The van der Waals surface area contributed by atoms with E-state index in [0.29, 0.717) is 29.8 Å². The predicted molar refractivity (Wildman–Crippen MR) is 131 cm³/mol. The average molecular weight is 483 g/mol. The van der Waals surface area contributed by atoms with Crippen LogP contribution in [0.2, 0.25) is 0 Å². The van der Waals surface area contributed by atoms with E-state index in [4.69, 9.17) is 14.2 Å². The number of rotatable bonds is 10. The van der Waals surface area contributed by atoms with E-state index in [0.717, 1.165) is 30.7 Å². The number of nitrogens with one attached hydrogen (secondary N) is 1. The molecule has 4 rings (SSSR count). The van der Waals surface area contributed by atoms with Gasteiger partial charge in [0.1, 0.15) is 12.9 Å². The molecule has 0 aliphatic carbocycles. The number of aryl methyl sites for hydroxylation is 2. The Hall–Kier alpha value is -3.04. The smallest absolute Gasteiger partial charge is 0.230 e. The van der Waals surface area contributed by atoms with E-state index >= 15 is 0 Å². The molecule has 1 atom stereocenters. The molecule has 34 heavy (non-hydrogen) atoms. The molecule has 0 spiro atoms. The Bertz CT molecular complexity index is 1130. The second kappa shape index (κ2) is 11.4. The summed E-state index contributed by atoms with van der Waals surface area (Å²) in [6, 6.07) is 11.9. The van der Waals surface area contributed by atoms with Crippen molar-refractivity contribution in [3.63, 3.8) is 0 Å². The summed E-state index contributed by atoms with van der Waals surface area (Å²) >= 11 is 1.35. The number of nitrogens with zero attached hydrogens (tertiary/aromatic N) is 3. The van der Waals surface area contributed by atoms with Crippen molar-refractivity contribution in [3.05, 3.63) is 59.4 Å². The maximum atomic E-state index is 12.5. The predicted octanol–water partition coefficient (Wildman–Crippen LogP) is 3.86. The number of ether oxygens (including phenoxy) is 3. The Balaban J connectivity index is 1.29. The first kappa shape index (κ1) is 24.1. The number of aromatic nitrogens is 3. The summed E-state index contributed by atoms with van der Waals surface area (Å²) in [4.78, 5) is 12.5. The number of benzene rings is 2. The molecular weight excluding hydrogens is 452 g/mol. The van der Waals surface area contributed by atoms with Gasteiger partial charge in [-0.3, -0.25) is 9.36 Å². The van der Waals surface area contributed by atoms with Gasteiger partial charge >= 0.3 is 0 Å². The Morgan fingerprint density at radius 3 is 2.85 bits per heavy atom. The number of thioether (sulfide) groups is 1. The van der Waals surface area contributed by atoms with Gasteiger partial charge in [0.15, 0.2) is 16.7 Å². The lowest BCUT2D eigenvalue weighted by Gasteiger charge is -2.15. The molecule has 1 aliphatic rings. The Kier molecular flexibility index (Phi) is 8.08. The Morgan fingerprint density at radius 1 is 1.21 bits per heavy atom. The van der Waals surface area contributed by atoms with E-state index in [1.807, 2.05) is 28.8 Å². The number of carbonyl (C=O) groups is 1. The molecule has 0 bridgehead atoms. The SMILES string of the molecule is COc1cc(CNC(=O)CSc2nncn2-c2ccc(C)c(C)c2)ccc1OCC1CCCO1. The van der Waals surface area contributed by atoms with Crippen molar-refractivity contribution in [1.82, 2.24) is 20.1 Å². The molecule has 3 aromatic rings. The zero-order chi connectivity index (χ0) is 23.9. The maximum absolute atomic E-state index is 12.5. The van der Waals surface area contributed by atoms with Gasteiger partial charge in [-0.25, -0.2) is 0 Å². The van der Waals surface area contributed by atoms with Crippen LogP contribution < -0.4 is 14.8 Å². The van der Waals surface area contributed by atoms with Gasteiger partial charge in [0, 0.05) is 18.8 Å². The number of hydrogen-bond acceptors (Lipinski definition) is 7. The monoisotopic (exact) mass is 482 g/mol. The number of methoxy groups -OCH3 is 1. The number of carbonyl (C=O) groups excluding carboxylic acids is 1. The summed E-state index contributed by atoms with van der Waals surface area (Å²) in [6.45, 7) is 5.85. The van der Waals surface area contributed by atoms with Gasteiger partial charge in [-0.2, -0.15) is 0 Å². The zero-order valence-electron chi connectivity index (χ0n) is 19.7. The minimum atomic E-state index is -0.0858. The first-order valence-electron chi connectivity index (χ1n) is 11.3. The van der Waals surface area contributed by atoms with E-state index in [9.17, 15) is 4.79 Å². The first-order valence-corrected chi connectivity index (χ1v) is 12.3. The molecule has 1 amide bonds. The maximum Gasteiger partial charge on any atom is 0.230 e. The molecule has 8 nitrogen and oxygen atoms in total. The van der Waals surface area contributed by atoms with Gasteiger partial charge < -0.3 is 19.5 Å². The Labute approximate surface area is 204 Å². The fourth-order valence-corrected chi connectivity index (χ4v) is 4.42. The summed E-state index contributed by atoms with van der Waals surface area (Å²) in [5.41, 5.74) is 4.32. The first-order chi connectivity index (χ1) is 16.5. The summed E-state index contributed by atoms with van der Waals surface area (Å²) in [5, 5.41) is 11.8. The molecule has 1 saturated heterocycles. The highest BCUT2D eigenvalue weighted by Crippen LogP contribution is 2.29. The fraction of sp³-hybridized carbons (Fsp3) is 0.400. The molecule has 0 radical (unpaired) electrons. The van der Waals surface area contributed by atoms with Crippen molar-refractivity contribution in [3.8, 4) is 17.2 Å². The summed E-state index contributed by atoms with van der Waals surface area (Å²) in [5.74, 6) is 1.47. The lowest BCUT2D eigenvalue weighted by Crippen LogP contribution is -2.24. The van der Waals surface area contributed by atoms with Crippen LogP contribution in [0.3, 0.4) is 0 Å². The van der Waals surface area contributed by atoms with Gasteiger partial charge in [0.05, 0.1) is 19.0 Å². The third-order valence-corrected chi connectivity index (χ3v) is 6.73. The van der Waals surface area contributed by atoms with Crippen molar-refractivity contribution in [2.24, 2.45) is 0 Å². The van der Waals surface area contributed by atoms with Gasteiger partial charge in [0.25, 0.3) is 0 Å². The van der Waals surface area contributed by atoms with Crippen LogP contribution in [0.4, 0.5) is 0 Å². The van der Waals surface area contributed by atoms with E-state index in [2.05, 4.69) is 41.5 Å². The minimum Gasteiger partial charge on any atom is -0.493 e. The minimum absolute atomic E-state index is 0.0858. The standard InChI is InChI=1S/C25H30N4O4S/c1-17-6-8-20(11-18(17)2)29-16-27-28-25(29)34-15-24(30)26-13-19-7-9-22(23(12-19)31-3)33-14-21-5-4-10-32-21/h6-9,11-12,16,21H,4-5,10,13-15H2,1-3H3,(H,26,30). The Morgan fingerprint density at radius 2 is 2.09 bits per heavy atom. The van der Waals surface area contributed by atoms with Gasteiger partial charge in [-0.15, -0.1) is 10.2 Å². The molecule has 180 valence electrons. The summed E-state index contributed by atoms with van der Waals surface area (Å²) < 4.78 is 18.9. The fourth-order valence-electron chi connectivity index (χ4n) is 3.66. The zero-order valence-corrected chi connectivity index (χ0v) is 20.6. The molecule has 0 saturated carbocycles. The number of amides is 1. The second-order valence-corrected chi connectivity index (χ2v) is 9.19. The van der Waals surface area contributed by atoms with E-state index in [1.165, 1.54) is 22.9 Å². The normalized spacial score (nSPS) is 15.3. The molecule has 2 aromatic carbocycles. The molecule has 1 fully saturated rings. The lowest BCUT2D eigenvalue weighted by atomic mass is 10.1. The highest BCUT2D eigenvalue weighted by Gasteiger charge is 2.17. The molecule has 1 unspecified atom stereocenters. The van der Waals surface area contributed by atoms with Crippen molar-refractivity contribution in [1.29, 1.82) is 0 Å². The van der Waals surface area contributed by atoms with Crippen molar-refractivity contribution in [2.45, 2.75) is 44.5 Å². The highest BCUT2D eigenvalue weighted by molar-refractivity contribution is 7.99. The topological polar surface area (TPSA) is 87.5 Å². The summed E-state index contributed by atoms with van der Waals surface area (Å²) in [7, 11) is 1.61. The van der Waals surface area contributed by atoms with E-state index in [1.54, 1.807) is 13.4 Å². The van der Waals surface area contributed by atoms with Crippen LogP contribution >= 0.6 is 11.8 Å². The highest BCUT2D eigenvalue weighted by atomic mass is 32.2. The van der Waals surface area contributed by atoms with Gasteiger partial charge in [-0.05, 0) is 67.6 Å². The molecular formula is C25H30N4O4S. The van der Waals surface area contributed by atoms with Crippen molar-refractivity contribution < 1.29 is 19.0 Å². The molecule has 9 heteroatoms. The summed E-state index contributed by atoms with van der Waals surface area (Å²) in [6.07, 6.45) is 3.90. The van der Waals surface area contributed by atoms with Crippen molar-refractivity contribution in [2.75, 3.05) is 26.1 Å². The van der Waals surface area contributed by atoms with Crippen LogP contribution in [0.1, 0.15) is 29.5 Å². The lowest BCUT2D eigenvalue weighted by molar-refractivity contribution is -0.118. The van der Waals surface area contributed by atoms with Crippen LogP contribution in [0, 0.1) is 13.8 Å². The largest absolute Gasteiger partial charge is 0.493 e. The van der Waals surface area contributed by atoms with Crippen LogP contribution in [0.25, 0.3) is 5.69 Å². The van der Waals surface area contributed by atoms with Crippen molar-refractivity contribution >= 4 is 17.7 Å². The number of hydrogen-bond donors (Lipinski definition) is 1. The average Bonchev–Trinajstić information content (AvgIpc) is 3.54. The van der Waals surface area contributed by atoms with Gasteiger partial charge in [-0.1, -0.05) is 23.9 Å². The molecule has 1 aliphatic heterocycles. The van der Waals surface area contributed by atoms with E-state index < -0.39 is 0 Å². The molecule has 1 N–H and O–H groups in total. The van der Waals surface area contributed by atoms with Crippen LogP contribution in [0.15, 0.2) is 47.9 Å². The van der Waals surface area contributed by atoms with Gasteiger partial charge in [0.2, 0.25) is 5.91 Å². The quantitative estimate of drug-likeness (QED) is 0.439. The molecule has 1 aromatic heterocycles. The van der Waals surface area contributed by atoms with Crippen LogP contribution in [-0.2, 0) is 16.1 Å². The third-order valence-electron chi connectivity index (χ3n) is 5.78. The van der Waals surface area contributed by atoms with Crippen LogP contribution in [0.5, 0.6) is 11.5 Å². The second-order valence-electron chi connectivity index (χ2n) is 8.25.